The summed E-state index contributed by atoms with van der Waals surface area (Å²) in [6.45, 7) is 7.37. The molecular formula is C25H37ClN2O8. The molecule has 1 spiro atoms. The number of alkyl carbamates (subject to hydrolysis) is 1. The monoisotopic (exact) mass is 528 g/mol. The molecule has 0 aromatic heterocycles. The highest BCUT2D eigenvalue weighted by atomic mass is 35.5. The molecule has 4 aliphatic rings. The number of allylic oxidation sites excluding steroid dienone is 1. The molecule has 5 unspecified atom stereocenters. The van der Waals surface area contributed by atoms with Gasteiger partial charge in [-0.05, 0) is 52.9 Å². The third-order valence-corrected chi connectivity index (χ3v) is 8.11. The first-order valence-corrected chi connectivity index (χ1v) is 13.1. The number of likely N-dealkylation sites (tertiary alicyclic amines) is 1. The number of halogens is 1. The summed E-state index contributed by atoms with van der Waals surface area (Å²) in [6.07, 6.45) is 3.76. The maximum Gasteiger partial charge on any atom is 0.413 e. The predicted molar refractivity (Wildman–Crippen MR) is 130 cm³/mol. The zero-order valence-corrected chi connectivity index (χ0v) is 22.2. The molecule has 0 aromatic rings. The smallest absolute Gasteiger partial charge is 0.413 e. The molecule has 1 N–H and O–H groups in total. The molecule has 4 fully saturated rings. The van der Waals surface area contributed by atoms with Crippen LogP contribution in [0, 0.1) is 5.92 Å². The number of alkyl halides is 1. The van der Waals surface area contributed by atoms with Crippen molar-refractivity contribution in [3.8, 4) is 0 Å². The van der Waals surface area contributed by atoms with Crippen LogP contribution in [-0.2, 0) is 28.5 Å². The first-order chi connectivity index (χ1) is 17.1. The van der Waals surface area contributed by atoms with Crippen molar-refractivity contribution < 1.29 is 38.1 Å². The summed E-state index contributed by atoms with van der Waals surface area (Å²) in [7, 11) is 1.64. The third-order valence-electron chi connectivity index (χ3n) is 7.87. The standard InChI is InChI=1S/C25H37ClN2O8/c1-15(2)7-8-18-24(3,36-18)21-20(32-4)17(9-10-25(21)14-34-25)35-23(31)28-11-5-6-16(28)13-33-22(30)27-19(29)12-26/h7,16-18,20-21H,5-6,8-14H2,1-4H3,(H,27,29,30)/t16?,17?,18-,20?,21?,24?,25+/m1/s1. The second-order valence-corrected chi connectivity index (χ2v) is 10.8. The Morgan fingerprint density at radius 1 is 1.25 bits per heavy atom. The minimum atomic E-state index is -0.884. The fraction of sp³-hybridized carbons (Fsp3) is 0.800. The number of nitrogens with one attached hydrogen (secondary N) is 1. The number of epoxide rings is 2. The van der Waals surface area contributed by atoms with Gasteiger partial charge in [-0.1, -0.05) is 11.6 Å². The Bertz CT molecular complexity index is 889. The van der Waals surface area contributed by atoms with Crippen LogP contribution in [0.15, 0.2) is 11.6 Å². The van der Waals surface area contributed by atoms with E-state index in [0.29, 0.717) is 26.0 Å². The van der Waals surface area contributed by atoms with Crippen LogP contribution in [0.25, 0.3) is 0 Å². The van der Waals surface area contributed by atoms with E-state index in [0.717, 1.165) is 19.3 Å². The van der Waals surface area contributed by atoms with Crippen molar-refractivity contribution in [3.05, 3.63) is 11.6 Å². The number of rotatable bonds is 8. The van der Waals surface area contributed by atoms with Gasteiger partial charge in [0.05, 0.1) is 24.7 Å². The lowest BCUT2D eigenvalue weighted by molar-refractivity contribution is -0.122. The maximum atomic E-state index is 13.2. The number of hydrogen-bond acceptors (Lipinski definition) is 8. The summed E-state index contributed by atoms with van der Waals surface area (Å²) in [5.41, 5.74) is 0.540. The molecule has 10 nitrogen and oxygen atoms in total. The Labute approximate surface area is 216 Å². The van der Waals surface area contributed by atoms with Gasteiger partial charge < -0.3 is 28.6 Å². The molecule has 3 aliphatic heterocycles. The van der Waals surface area contributed by atoms with Crippen LogP contribution < -0.4 is 5.32 Å². The quantitative estimate of drug-likeness (QED) is 0.290. The van der Waals surface area contributed by atoms with Gasteiger partial charge in [0.2, 0.25) is 5.91 Å². The minimum Gasteiger partial charge on any atom is -0.447 e. The molecule has 7 atom stereocenters. The third kappa shape index (κ3) is 5.66. The van der Waals surface area contributed by atoms with E-state index in [1.54, 1.807) is 12.0 Å². The lowest BCUT2D eigenvalue weighted by atomic mass is 9.68. The Morgan fingerprint density at radius 3 is 2.64 bits per heavy atom. The Morgan fingerprint density at radius 2 is 2.00 bits per heavy atom. The zero-order valence-electron chi connectivity index (χ0n) is 21.4. The molecule has 3 heterocycles. The van der Waals surface area contributed by atoms with E-state index in [1.165, 1.54) is 5.57 Å². The van der Waals surface area contributed by atoms with E-state index < -0.39 is 29.8 Å². The van der Waals surface area contributed by atoms with Crippen LogP contribution in [0.3, 0.4) is 0 Å². The molecule has 0 bridgehead atoms. The molecule has 0 aromatic carbocycles. The van der Waals surface area contributed by atoms with Crippen LogP contribution in [0.2, 0.25) is 0 Å². The molecule has 3 amide bonds. The van der Waals surface area contributed by atoms with E-state index in [9.17, 15) is 14.4 Å². The number of carbonyl (C=O) groups is 3. The molecule has 36 heavy (non-hydrogen) atoms. The molecule has 202 valence electrons. The van der Waals surface area contributed by atoms with Crippen LogP contribution in [-0.4, -0.2) is 91.3 Å². The highest BCUT2D eigenvalue weighted by Crippen LogP contribution is 2.59. The molecule has 1 saturated carbocycles. The molecule has 3 saturated heterocycles. The number of nitrogens with zero attached hydrogens (tertiary/aromatic N) is 1. The van der Waals surface area contributed by atoms with Crippen molar-refractivity contribution in [1.29, 1.82) is 0 Å². The van der Waals surface area contributed by atoms with Crippen molar-refractivity contribution in [3.63, 3.8) is 0 Å². The van der Waals surface area contributed by atoms with E-state index in [4.69, 9.17) is 35.3 Å². The molecule has 4 rings (SSSR count). The number of ether oxygens (including phenoxy) is 5. The van der Waals surface area contributed by atoms with E-state index in [-0.39, 0.29) is 42.3 Å². The van der Waals surface area contributed by atoms with Gasteiger partial charge >= 0.3 is 12.2 Å². The number of methoxy groups -OCH3 is 1. The van der Waals surface area contributed by atoms with Crippen molar-refractivity contribution >= 4 is 29.7 Å². The number of imide groups is 1. The maximum absolute atomic E-state index is 13.2. The molecule has 1 aliphatic carbocycles. The second-order valence-electron chi connectivity index (χ2n) is 10.6. The van der Waals surface area contributed by atoms with E-state index in [2.05, 4.69) is 26.8 Å². The highest BCUT2D eigenvalue weighted by Gasteiger charge is 2.72. The van der Waals surface area contributed by atoms with Gasteiger partial charge in [0.25, 0.3) is 0 Å². The van der Waals surface area contributed by atoms with Crippen LogP contribution >= 0.6 is 11.6 Å². The summed E-state index contributed by atoms with van der Waals surface area (Å²) in [5, 5.41) is 2.02. The van der Waals surface area contributed by atoms with Gasteiger partial charge in [0, 0.05) is 13.7 Å². The minimum absolute atomic E-state index is 0.0353. The van der Waals surface area contributed by atoms with Crippen molar-refractivity contribution in [1.82, 2.24) is 10.2 Å². The Hall–Kier alpha value is -1.88. The molecular weight excluding hydrogens is 492 g/mol. The molecule has 0 radical (unpaired) electrons. The normalized spacial score (nSPS) is 36.8. The number of carbonyl (C=O) groups excluding carboxylic acids is 3. The topological polar surface area (TPSA) is 119 Å². The fourth-order valence-corrected chi connectivity index (χ4v) is 5.94. The van der Waals surface area contributed by atoms with Gasteiger partial charge in [0.1, 0.15) is 35.9 Å². The van der Waals surface area contributed by atoms with Gasteiger partial charge in [0.15, 0.2) is 0 Å². The average molecular weight is 529 g/mol. The lowest BCUT2D eigenvalue weighted by Gasteiger charge is -2.43. The first-order valence-electron chi connectivity index (χ1n) is 12.6. The summed E-state index contributed by atoms with van der Waals surface area (Å²) in [5.74, 6) is -1.04. The summed E-state index contributed by atoms with van der Waals surface area (Å²) in [6, 6.07) is -0.328. The van der Waals surface area contributed by atoms with Crippen molar-refractivity contribution in [2.45, 2.75) is 88.4 Å². The summed E-state index contributed by atoms with van der Waals surface area (Å²) >= 11 is 5.39. The van der Waals surface area contributed by atoms with E-state index in [1.807, 2.05) is 5.32 Å². The summed E-state index contributed by atoms with van der Waals surface area (Å²) in [4.78, 5) is 37.8. The van der Waals surface area contributed by atoms with E-state index >= 15 is 0 Å². The van der Waals surface area contributed by atoms with Crippen molar-refractivity contribution in [2.24, 2.45) is 5.92 Å². The Kier molecular flexibility index (Phi) is 8.19. The second kappa shape index (κ2) is 10.8. The van der Waals surface area contributed by atoms with Crippen LogP contribution in [0.1, 0.15) is 52.9 Å². The van der Waals surface area contributed by atoms with Gasteiger partial charge in [-0.25, -0.2) is 9.59 Å². The predicted octanol–water partition coefficient (Wildman–Crippen LogP) is 3.16. The largest absolute Gasteiger partial charge is 0.447 e. The van der Waals surface area contributed by atoms with Gasteiger partial charge in [-0.15, -0.1) is 11.6 Å². The summed E-state index contributed by atoms with van der Waals surface area (Å²) < 4.78 is 29.3. The number of amides is 3. The lowest BCUT2D eigenvalue weighted by Crippen LogP contribution is -2.56. The van der Waals surface area contributed by atoms with Crippen LogP contribution in [0.5, 0.6) is 0 Å². The molecule has 11 heteroatoms. The Balaban J connectivity index is 1.38. The zero-order chi connectivity index (χ0) is 26.1. The first kappa shape index (κ1) is 27.2. The van der Waals surface area contributed by atoms with Gasteiger partial charge in [-0.2, -0.15) is 0 Å². The number of hydrogen-bond donors (Lipinski definition) is 1. The van der Waals surface area contributed by atoms with Gasteiger partial charge in [-0.3, -0.25) is 10.1 Å². The average Bonchev–Trinajstić information content (AvgIpc) is 3.69. The van der Waals surface area contributed by atoms with Crippen LogP contribution in [0.4, 0.5) is 9.59 Å². The highest BCUT2D eigenvalue weighted by molar-refractivity contribution is 6.28. The SMILES string of the molecule is COC1C(OC(=O)N2CCCC2COC(=O)NC(=O)CCl)CC[C@]2(CO2)C1C1(C)O[C@@H]1CC=C(C)C. The fourth-order valence-electron chi connectivity index (χ4n) is 5.87. The van der Waals surface area contributed by atoms with Crippen molar-refractivity contribution in [2.75, 3.05) is 32.7 Å².